The third-order valence-corrected chi connectivity index (χ3v) is 4.56. The fourth-order valence-corrected chi connectivity index (χ4v) is 3.14. The summed E-state index contributed by atoms with van der Waals surface area (Å²) >= 11 is 5.79. The summed E-state index contributed by atoms with van der Waals surface area (Å²) in [7, 11) is 0. The molecular weight excluding hydrogens is 437 g/mol. The SMILES string of the molecule is O=c1nc2n(Cc3ccc(Cl)nc3)cccc-2c(=O)n1-c1ccc(OC(F)(F)F)cc1. The molecule has 7 nitrogen and oxygen atoms in total. The van der Waals surface area contributed by atoms with Crippen molar-refractivity contribution in [2.45, 2.75) is 12.9 Å². The molecular formula is C20H12ClF3N4O3. The topological polar surface area (TPSA) is 79.0 Å². The van der Waals surface area contributed by atoms with E-state index in [0.717, 1.165) is 22.3 Å². The van der Waals surface area contributed by atoms with E-state index >= 15 is 0 Å². The summed E-state index contributed by atoms with van der Waals surface area (Å²) in [6, 6.07) is 10.9. The van der Waals surface area contributed by atoms with E-state index in [2.05, 4.69) is 14.7 Å². The number of ether oxygens (including phenoxy) is 1. The normalized spacial score (nSPS) is 11.6. The van der Waals surface area contributed by atoms with Gasteiger partial charge in [0.15, 0.2) is 5.82 Å². The van der Waals surface area contributed by atoms with Crippen molar-refractivity contribution in [3.63, 3.8) is 0 Å². The Morgan fingerprint density at radius 2 is 1.77 bits per heavy atom. The molecule has 2 aliphatic rings. The molecule has 0 bridgehead atoms. The van der Waals surface area contributed by atoms with Gasteiger partial charge in [-0.15, -0.1) is 13.2 Å². The second kappa shape index (κ2) is 7.88. The standard InChI is InChI=1S/C20H12ClF3N4O3/c21-16-8-3-12(10-25-16)11-27-9-1-2-15-17(27)26-19(30)28(18(15)29)13-4-6-14(7-5-13)31-20(22,23)24/h1-10H,11H2. The first-order valence-corrected chi connectivity index (χ1v) is 9.18. The van der Waals surface area contributed by atoms with Gasteiger partial charge in [0.25, 0.3) is 5.56 Å². The monoisotopic (exact) mass is 448 g/mol. The van der Waals surface area contributed by atoms with Gasteiger partial charge in [-0.25, -0.2) is 14.3 Å². The van der Waals surface area contributed by atoms with Gasteiger partial charge in [-0.1, -0.05) is 17.7 Å². The van der Waals surface area contributed by atoms with Crippen LogP contribution < -0.4 is 16.0 Å². The number of rotatable bonds is 4. The first-order chi connectivity index (χ1) is 14.7. The van der Waals surface area contributed by atoms with E-state index in [1.807, 2.05) is 0 Å². The third-order valence-electron chi connectivity index (χ3n) is 4.34. The highest BCUT2D eigenvalue weighted by atomic mass is 35.5. The summed E-state index contributed by atoms with van der Waals surface area (Å²) in [5.41, 5.74) is -0.504. The molecule has 0 aliphatic carbocycles. The summed E-state index contributed by atoms with van der Waals surface area (Å²) < 4.78 is 43.2. The Hall–Kier alpha value is -3.66. The number of hydrogen-bond acceptors (Lipinski definition) is 5. The van der Waals surface area contributed by atoms with Crippen LogP contribution in [-0.4, -0.2) is 25.5 Å². The molecule has 0 N–H and O–H groups in total. The summed E-state index contributed by atoms with van der Waals surface area (Å²) in [5, 5.41) is 0.334. The van der Waals surface area contributed by atoms with E-state index in [9.17, 15) is 22.8 Å². The van der Waals surface area contributed by atoms with Crippen molar-refractivity contribution in [2.24, 2.45) is 0 Å². The number of hydrogen-bond donors (Lipinski definition) is 0. The maximum atomic E-state index is 13.0. The Morgan fingerprint density at radius 3 is 2.42 bits per heavy atom. The highest BCUT2D eigenvalue weighted by Gasteiger charge is 2.31. The third kappa shape index (κ3) is 4.43. The Kier molecular flexibility index (Phi) is 5.24. The van der Waals surface area contributed by atoms with Gasteiger partial charge < -0.3 is 9.30 Å². The molecule has 2 aromatic rings. The molecule has 1 aromatic carbocycles. The number of alkyl halides is 3. The lowest BCUT2D eigenvalue weighted by atomic mass is 10.2. The van der Waals surface area contributed by atoms with Gasteiger partial charge in [-0.3, -0.25) is 4.79 Å². The fraction of sp³-hybridized carbons (Fsp3) is 0.100. The molecule has 31 heavy (non-hydrogen) atoms. The van der Waals surface area contributed by atoms with Crippen LogP contribution >= 0.6 is 11.6 Å². The molecule has 0 spiro atoms. The van der Waals surface area contributed by atoms with E-state index in [4.69, 9.17) is 11.6 Å². The zero-order chi connectivity index (χ0) is 22.2. The number of nitrogens with zero attached hydrogens (tertiary/aromatic N) is 4. The second-order valence-electron chi connectivity index (χ2n) is 6.44. The van der Waals surface area contributed by atoms with Gasteiger partial charge in [0.2, 0.25) is 0 Å². The number of fused-ring (bicyclic) bond motifs is 1. The zero-order valence-electron chi connectivity index (χ0n) is 15.5. The Labute approximate surface area is 177 Å². The molecule has 1 aromatic heterocycles. The van der Waals surface area contributed by atoms with Crippen molar-refractivity contribution in [1.29, 1.82) is 0 Å². The molecule has 0 fully saturated rings. The van der Waals surface area contributed by atoms with Crippen molar-refractivity contribution in [1.82, 2.24) is 19.1 Å². The van der Waals surface area contributed by atoms with Gasteiger partial charge in [0, 0.05) is 12.4 Å². The van der Waals surface area contributed by atoms with E-state index < -0.39 is 23.4 Å². The van der Waals surface area contributed by atoms with Crippen LogP contribution in [0.4, 0.5) is 13.2 Å². The molecule has 11 heteroatoms. The molecule has 0 radical (unpaired) electrons. The van der Waals surface area contributed by atoms with Crippen molar-refractivity contribution >= 4 is 11.6 Å². The maximum absolute atomic E-state index is 13.0. The highest BCUT2D eigenvalue weighted by molar-refractivity contribution is 6.29. The minimum Gasteiger partial charge on any atom is -0.406 e. The quantitative estimate of drug-likeness (QED) is 0.446. The van der Waals surface area contributed by atoms with Crippen molar-refractivity contribution < 1.29 is 17.9 Å². The summed E-state index contributed by atoms with van der Waals surface area (Å²) in [4.78, 5) is 33.6. The van der Waals surface area contributed by atoms with Crippen molar-refractivity contribution in [3.05, 3.63) is 92.5 Å². The number of pyridine rings is 2. The Morgan fingerprint density at radius 1 is 1.03 bits per heavy atom. The molecule has 0 unspecified atom stereocenters. The van der Waals surface area contributed by atoms with Gasteiger partial charge in [-0.2, -0.15) is 4.98 Å². The minimum atomic E-state index is -4.85. The largest absolute Gasteiger partial charge is 0.573 e. The van der Waals surface area contributed by atoms with Crippen LogP contribution in [0.2, 0.25) is 5.15 Å². The molecule has 0 amide bonds. The zero-order valence-corrected chi connectivity index (χ0v) is 16.3. The molecule has 3 heterocycles. The second-order valence-corrected chi connectivity index (χ2v) is 6.83. The van der Waals surface area contributed by atoms with E-state index in [0.29, 0.717) is 11.7 Å². The van der Waals surface area contributed by atoms with Gasteiger partial charge in [0.05, 0.1) is 17.8 Å². The van der Waals surface area contributed by atoms with Gasteiger partial charge >= 0.3 is 12.1 Å². The highest BCUT2D eigenvalue weighted by Crippen LogP contribution is 2.23. The van der Waals surface area contributed by atoms with E-state index in [1.165, 1.54) is 18.2 Å². The summed E-state index contributed by atoms with van der Waals surface area (Å²) in [5.74, 6) is -0.305. The summed E-state index contributed by atoms with van der Waals surface area (Å²) in [6.45, 7) is 0.293. The molecule has 0 saturated carbocycles. The van der Waals surface area contributed by atoms with Crippen LogP contribution in [0.1, 0.15) is 5.56 Å². The number of benzene rings is 1. The van der Waals surface area contributed by atoms with Crippen LogP contribution in [0.15, 0.2) is 70.5 Å². The number of aromatic nitrogens is 4. The van der Waals surface area contributed by atoms with Crippen LogP contribution in [-0.2, 0) is 6.54 Å². The van der Waals surface area contributed by atoms with Crippen LogP contribution in [0.3, 0.4) is 0 Å². The van der Waals surface area contributed by atoms with Gasteiger partial charge in [0.1, 0.15) is 10.9 Å². The average Bonchev–Trinajstić information content (AvgIpc) is 2.70. The first-order valence-electron chi connectivity index (χ1n) is 8.80. The van der Waals surface area contributed by atoms with Crippen LogP contribution in [0.5, 0.6) is 5.75 Å². The Balaban J connectivity index is 1.75. The van der Waals surface area contributed by atoms with Crippen molar-refractivity contribution in [2.75, 3.05) is 0 Å². The summed E-state index contributed by atoms with van der Waals surface area (Å²) in [6.07, 6.45) is -1.62. The minimum absolute atomic E-state index is 0.0660. The number of halogens is 4. The smallest absolute Gasteiger partial charge is 0.406 e. The maximum Gasteiger partial charge on any atom is 0.573 e. The first kappa shape index (κ1) is 20.6. The molecule has 2 aliphatic heterocycles. The average molecular weight is 449 g/mol. The molecule has 0 atom stereocenters. The fourth-order valence-electron chi connectivity index (χ4n) is 3.03. The Bertz CT molecular complexity index is 1320. The lowest BCUT2D eigenvalue weighted by Crippen LogP contribution is -2.36. The molecule has 0 saturated heterocycles. The van der Waals surface area contributed by atoms with E-state index in [1.54, 1.807) is 35.2 Å². The molecule has 158 valence electrons. The van der Waals surface area contributed by atoms with Gasteiger partial charge in [-0.05, 0) is 48.0 Å². The van der Waals surface area contributed by atoms with Crippen molar-refractivity contribution in [3.8, 4) is 22.8 Å². The lowest BCUT2D eigenvalue weighted by Gasteiger charge is -2.15. The lowest BCUT2D eigenvalue weighted by molar-refractivity contribution is -0.274. The predicted molar refractivity (Wildman–Crippen MR) is 106 cm³/mol. The predicted octanol–water partition coefficient (Wildman–Crippen LogP) is 3.49. The van der Waals surface area contributed by atoms with Crippen LogP contribution in [0, 0.1) is 0 Å². The van der Waals surface area contributed by atoms with E-state index in [-0.39, 0.29) is 17.1 Å². The molecule has 4 rings (SSSR count). The van der Waals surface area contributed by atoms with Crippen LogP contribution in [0.25, 0.3) is 17.1 Å².